The largest absolute Gasteiger partial charge is 0.463 e. The molecule has 38 heavy (non-hydrogen) atoms. The van der Waals surface area contributed by atoms with Gasteiger partial charge in [-0.2, -0.15) is 0 Å². The molecule has 0 bridgehead atoms. The van der Waals surface area contributed by atoms with E-state index in [9.17, 15) is 4.79 Å². The van der Waals surface area contributed by atoms with Crippen LogP contribution in [0.4, 0.5) is 11.4 Å². The number of pyridine rings is 1. The Labute approximate surface area is 224 Å². The molecule has 0 spiro atoms. The molecule has 2 unspecified atom stereocenters. The number of benzene rings is 3. The lowest BCUT2D eigenvalue weighted by Gasteiger charge is -2.45. The quantitative estimate of drug-likeness (QED) is 0.268. The average molecular weight is 504 g/mol. The van der Waals surface area contributed by atoms with Crippen LogP contribution < -0.4 is 10.2 Å². The molecule has 0 radical (unpaired) electrons. The Morgan fingerprint density at radius 3 is 2.18 bits per heavy atom. The number of carbonyl (C=O) groups is 1. The fraction of sp³-hybridized carbons (Fsp3) is 0.212. The van der Waals surface area contributed by atoms with Gasteiger partial charge in [0.15, 0.2) is 0 Å². The lowest BCUT2D eigenvalue weighted by atomic mass is 9.85. The number of aryl methyl sites for hydroxylation is 2. The third-order valence-corrected chi connectivity index (χ3v) is 6.94. The minimum Gasteiger partial charge on any atom is -0.463 e. The molecule has 1 aliphatic rings. The molecular formula is C33H33N3O2. The van der Waals surface area contributed by atoms with Gasteiger partial charge in [-0.25, -0.2) is 4.79 Å². The van der Waals surface area contributed by atoms with Gasteiger partial charge in [-0.3, -0.25) is 4.98 Å². The second-order valence-electron chi connectivity index (χ2n) is 9.63. The molecular weight excluding hydrogens is 470 g/mol. The summed E-state index contributed by atoms with van der Waals surface area (Å²) in [5, 5.41) is 3.60. The fourth-order valence-corrected chi connectivity index (χ4v) is 5.09. The molecule has 0 fully saturated rings. The van der Waals surface area contributed by atoms with E-state index in [-0.39, 0.29) is 12.0 Å². The molecule has 3 aromatic carbocycles. The van der Waals surface area contributed by atoms with Crippen molar-refractivity contribution in [3.05, 3.63) is 137 Å². The van der Waals surface area contributed by atoms with E-state index in [1.807, 2.05) is 43.3 Å². The number of ether oxygens (including phenoxy) is 1. The Bertz CT molecular complexity index is 1400. The highest BCUT2D eigenvalue weighted by Gasteiger charge is 2.42. The lowest BCUT2D eigenvalue weighted by molar-refractivity contribution is -0.139. The maximum atomic E-state index is 13.7. The maximum Gasteiger partial charge on any atom is 0.338 e. The minimum atomic E-state index is -0.454. The first-order valence-electron chi connectivity index (χ1n) is 13.1. The molecule has 192 valence electrons. The second kappa shape index (κ2) is 11.3. The van der Waals surface area contributed by atoms with Crippen LogP contribution >= 0.6 is 0 Å². The van der Waals surface area contributed by atoms with Gasteiger partial charge >= 0.3 is 5.97 Å². The standard InChI is InChI=1S/C33H33N3O2/c1-4-38-33(37)31-29(35-26-17-13-23(2)14-18-26)22-30(25-10-6-5-7-11-25)36(27-19-15-24(3)16-20-27)32(31)28-12-8-9-21-34-28/h5-21,30,32,35H,4,22H2,1-3H3. The van der Waals surface area contributed by atoms with Gasteiger partial charge in [0, 0.05) is 29.7 Å². The van der Waals surface area contributed by atoms with Crippen LogP contribution in [0.15, 0.2) is 115 Å². The van der Waals surface area contributed by atoms with E-state index in [2.05, 4.69) is 84.7 Å². The zero-order valence-corrected chi connectivity index (χ0v) is 22.1. The minimum absolute atomic E-state index is 0.0444. The number of anilines is 2. The Balaban J connectivity index is 1.76. The summed E-state index contributed by atoms with van der Waals surface area (Å²) in [7, 11) is 0. The van der Waals surface area contributed by atoms with Gasteiger partial charge in [0.1, 0.15) is 6.04 Å². The number of esters is 1. The van der Waals surface area contributed by atoms with Gasteiger partial charge < -0.3 is 15.0 Å². The summed E-state index contributed by atoms with van der Waals surface area (Å²) in [6.45, 7) is 6.28. The second-order valence-corrected chi connectivity index (χ2v) is 9.63. The molecule has 0 aliphatic carbocycles. The smallest absolute Gasteiger partial charge is 0.338 e. The van der Waals surface area contributed by atoms with Crippen LogP contribution in [-0.2, 0) is 9.53 Å². The zero-order valence-electron chi connectivity index (χ0n) is 22.1. The van der Waals surface area contributed by atoms with Crippen LogP contribution in [0.2, 0.25) is 0 Å². The van der Waals surface area contributed by atoms with E-state index in [1.54, 1.807) is 6.20 Å². The Morgan fingerprint density at radius 2 is 1.55 bits per heavy atom. The van der Waals surface area contributed by atoms with Crippen LogP contribution in [-0.4, -0.2) is 17.6 Å². The predicted octanol–water partition coefficient (Wildman–Crippen LogP) is 7.32. The Hall–Kier alpha value is -4.38. The fourth-order valence-electron chi connectivity index (χ4n) is 5.09. The molecule has 2 heterocycles. The van der Waals surface area contributed by atoms with Crippen molar-refractivity contribution in [2.75, 3.05) is 16.8 Å². The normalized spacial score (nSPS) is 17.3. The SMILES string of the molecule is CCOC(=O)C1=C(Nc2ccc(C)cc2)CC(c2ccccc2)N(c2ccc(C)cc2)C1c1ccccn1. The van der Waals surface area contributed by atoms with Gasteiger partial charge in [-0.05, 0) is 62.7 Å². The first kappa shape index (κ1) is 25.3. The predicted molar refractivity (Wildman–Crippen MR) is 153 cm³/mol. The topological polar surface area (TPSA) is 54.5 Å². The van der Waals surface area contributed by atoms with E-state index >= 15 is 0 Å². The van der Waals surface area contributed by atoms with E-state index in [0.29, 0.717) is 18.6 Å². The number of nitrogens with zero attached hydrogens (tertiary/aromatic N) is 2. The summed E-state index contributed by atoms with van der Waals surface area (Å²) in [5.41, 5.74) is 7.70. The van der Waals surface area contributed by atoms with Crippen molar-refractivity contribution < 1.29 is 9.53 Å². The van der Waals surface area contributed by atoms with E-state index in [1.165, 1.54) is 16.7 Å². The van der Waals surface area contributed by atoms with E-state index < -0.39 is 6.04 Å². The highest BCUT2D eigenvalue weighted by atomic mass is 16.5. The van der Waals surface area contributed by atoms with Crippen molar-refractivity contribution in [2.24, 2.45) is 0 Å². The van der Waals surface area contributed by atoms with Gasteiger partial charge in [-0.1, -0.05) is 71.8 Å². The summed E-state index contributed by atoms with van der Waals surface area (Å²) in [4.78, 5) is 20.8. The summed E-state index contributed by atoms with van der Waals surface area (Å²) in [6, 6.07) is 32.5. The van der Waals surface area contributed by atoms with Crippen LogP contribution in [0.25, 0.3) is 0 Å². The van der Waals surface area contributed by atoms with Gasteiger partial charge in [0.2, 0.25) is 0 Å². The molecule has 1 aliphatic heterocycles. The van der Waals surface area contributed by atoms with Crippen molar-refractivity contribution >= 4 is 17.3 Å². The monoisotopic (exact) mass is 503 g/mol. The number of carbonyl (C=O) groups excluding carboxylic acids is 1. The van der Waals surface area contributed by atoms with E-state index in [0.717, 1.165) is 22.8 Å². The molecule has 4 aromatic rings. The molecule has 5 nitrogen and oxygen atoms in total. The van der Waals surface area contributed by atoms with Crippen molar-refractivity contribution in [2.45, 2.75) is 39.3 Å². The molecule has 5 rings (SSSR count). The van der Waals surface area contributed by atoms with Crippen LogP contribution in [0.1, 0.15) is 47.8 Å². The van der Waals surface area contributed by atoms with E-state index in [4.69, 9.17) is 9.72 Å². The van der Waals surface area contributed by atoms with Crippen LogP contribution in [0.5, 0.6) is 0 Å². The molecule has 2 atom stereocenters. The molecule has 5 heteroatoms. The molecule has 0 saturated heterocycles. The summed E-state index contributed by atoms with van der Waals surface area (Å²) in [6.07, 6.45) is 2.38. The number of rotatable bonds is 7. The third kappa shape index (κ3) is 5.32. The molecule has 1 N–H and O–H groups in total. The molecule has 0 saturated carbocycles. The Morgan fingerprint density at radius 1 is 0.895 bits per heavy atom. The highest BCUT2D eigenvalue weighted by molar-refractivity contribution is 5.93. The van der Waals surface area contributed by atoms with Crippen molar-refractivity contribution in [3.8, 4) is 0 Å². The van der Waals surface area contributed by atoms with Gasteiger partial charge in [0.05, 0.1) is 23.9 Å². The lowest BCUT2D eigenvalue weighted by Crippen LogP contribution is -2.42. The van der Waals surface area contributed by atoms with Crippen molar-refractivity contribution in [1.82, 2.24) is 4.98 Å². The first-order valence-corrected chi connectivity index (χ1v) is 13.1. The number of aromatic nitrogens is 1. The average Bonchev–Trinajstić information content (AvgIpc) is 2.95. The van der Waals surface area contributed by atoms with Crippen molar-refractivity contribution in [1.29, 1.82) is 0 Å². The highest BCUT2D eigenvalue weighted by Crippen LogP contribution is 2.47. The van der Waals surface area contributed by atoms with Gasteiger partial charge in [0.25, 0.3) is 0 Å². The number of nitrogens with one attached hydrogen (secondary N) is 1. The zero-order chi connectivity index (χ0) is 26.5. The first-order chi connectivity index (χ1) is 18.5. The summed E-state index contributed by atoms with van der Waals surface area (Å²) >= 11 is 0. The number of hydrogen-bond acceptors (Lipinski definition) is 5. The Kier molecular flexibility index (Phi) is 7.55. The van der Waals surface area contributed by atoms with Crippen LogP contribution in [0.3, 0.4) is 0 Å². The molecule has 1 aromatic heterocycles. The summed E-state index contributed by atoms with van der Waals surface area (Å²) in [5.74, 6) is -0.332. The van der Waals surface area contributed by atoms with Crippen LogP contribution in [0, 0.1) is 13.8 Å². The third-order valence-electron chi connectivity index (χ3n) is 6.94. The van der Waals surface area contributed by atoms with Gasteiger partial charge in [-0.15, -0.1) is 0 Å². The van der Waals surface area contributed by atoms with Crippen molar-refractivity contribution in [3.63, 3.8) is 0 Å². The maximum absolute atomic E-state index is 13.7. The summed E-state index contributed by atoms with van der Waals surface area (Å²) < 4.78 is 5.67. The number of hydrogen-bond donors (Lipinski definition) is 1. The molecule has 0 amide bonds.